The van der Waals surface area contributed by atoms with Gasteiger partial charge in [-0.1, -0.05) is 0 Å². The number of ketones is 1. The Morgan fingerprint density at radius 2 is 2.05 bits per heavy atom. The van der Waals surface area contributed by atoms with Crippen LogP contribution in [0, 0.1) is 5.92 Å². The molecule has 20 heavy (non-hydrogen) atoms. The van der Waals surface area contributed by atoms with E-state index in [1.54, 1.807) is 23.1 Å². The number of carbonyl (C=O) groups excluding carboxylic acids is 1. The molecule has 1 saturated carbocycles. The van der Waals surface area contributed by atoms with E-state index in [9.17, 15) is 4.79 Å². The van der Waals surface area contributed by atoms with Crippen LogP contribution < -0.4 is 16.4 Å². The lowest BCUT2D eigenvalue weighted by Crippen LogP contribution is -2.35. The second-order valence-corrected chi connectivity index (χ2v) is 7.35. The topological polar surface area (TPSA) is 67.1 Å². The predicted molar refractivity (Wildman–Crippen MR) is 87.1 cm³/mol. The van der Waals surface area contributed by atoms with Gasteiger partial charge in [0.15, 0.2) is 5.78 Å². The molecule has 3 rings (SSSR count). The summed E-state index contributed by atoms with van der Waals surface area (Å²) in [6.07, 6.45) is 6.33. The Kier molecular flexibility index (Phi) is 4.23. The summed E-state index contributed by atoms with van der Waals surface area (Å²) in [5, 5.41) is 8.06. The number of nitrogens with one attached hydrogen (secondary N) is 2. The number of rotatable bonds is 5. The molecule has 4 nitrogen and oxygen atoms in total. The SMILES string of the molecule is CSc1c(NC2CCNCC2)sc(C(=O)C2CC2)c1N. The summed E-state index contributed by atoms with van der Waals surface area (Å²) in [6.45, 7) is 2.11. The molecule has 1 aromatic heterocycles. The van der Waals surface area contributed by atoms with Crippen molar-refractivity contribution in [1.82, 2.24) is 5.32 Å². The van der Waals surface area contributed by atoms with Crippen LogP contribution in [-0.2, 0) is 0 Å². The van der Waals surface area contributed by atoms with Gasteiger partial charge in [-0.3, -0.25) is 4.79 Å². The number of thiophene rings is 1. The van der Waals surface area contributed by atoms with Crippen molar-refractivity contribution in [2.45, 2.75) is 36.6 Å². The minimum absolute atomic E-state index is 0.234. The van der Waals surface area contributed by atoms with E-state index < -0.39 is 0 Å². The van der Waals surface area contributed by atoms with E-state index in [0.29, 0.717) is 11.7 Å². The van der Waals surface area contributed by atoms with Gasteiger partial charge in [-0.05, 0) is 45.0 Å². The number of nitrogens with two attached hydrogens (primary N) is 1. The first-order valence-electron chi connectivity index (χ1n) is 7.18. The number of hydrogen-bond donors (Lipinski definition) is 3. The molecule has 2 fully saturated rings. The van der Waals surface area contributed by atoms with Crippen LogP contribution in [0.25, 0.3) is 0 Å². The summed E-state index contributed by atoms with van der Waals surface area (Å²) in [7, 11) is 0. The Morgan fingerprint density at radius 3 is 2.65 bits per heavy atom. The molecule has 0 amide bonds. The Morgan fingerprint density at radius 1 is 1.35 bits per heavy atom. The number of piperidine rings is 1. The molecule has 0 radical (unpaired) electrons. The van der Waals surface area contributed by atoms with Gasteiger partial charge < -0.3 is 16.4 Å². The second kappa shape index (κ2) is 5.95. The molecular weight excluding hydrogens is 290 g/mol. The minimum Gasteiger partial charge on any atom is -0.396 e. The molecule has 1 saturated heterocycles. The first-order valence-corrected chi connectivity index (χ1v) is 9.22. The molecule has 110 valence electrons. The molecule has 1 aliphatic carbocycles. The van der Waals surface area contributed by atoms with Crippen molar-refractivity contribution in [2.75, 3.05) is 30.4 Å². The van der Waals surface area contributed by atoms with Gasteiger partial charge in [-0.25, -0.2) is 0 Å². The quantitative estimate of drug-likeness (QED) is 0.576. The maximum atomic E-state index is 12.3. The third-order valence-electron chi connectivity index (χ3n) is 3.95. The van der Waals surface area contributed by atoms with E-state index in [-0.39, 0.29) is 11.7 Å². The highest BCUT2D eigenvalue weighted by Gasteiger charge is 2.34. The number of hydrogen-bond acceptors (Lipinski definition) is 6. The Hall–Kier alpha value is -0.720. The number of anilines is 2. The van der Waals surface area contributed by atoms with Crippen LogP contribution in [0.4, 0.5) is 10.7 Å². The zero-order chi connectivity index (χ0) is 14.1. The molecule has 0 bridgehead atoms. The largest absolute Gasteiger partial charge is 0.396 e. The van der Waals surface area contributed by atoms with Crippen molar-refractivity contribution in [1.29, 1.82) is 0 Å². The van der Waals surface area contributed by atoms with Crippen LogP contribution in [0.1, 0.15) is 35.4 Å². The van der Waals surface area contributed by atoms with Crippen LogP contribution in [-0.4, -0.2) is 31.2 Å². The summed E-state index contributed by atoms with van der Waals surface area (Å²) >= 11 is 3.19. The van der Waals surface area contributed by atoms with Crippen molar-refractivity contribution in [3.05, 3.63) is 4.88 Å². The van der Waals surface area contributed by atoms with Crippen LogP contribution in [0.3, 0.4) is 0 Å². The maximum absolute atomic E-state index is 12.3. The Balaban J connectivity index is 1.81. The van der Waals surface area contributed by atoms with Crippen molar-refractivity contribution >= 4 is 39.6 Å². The van der Waals surface area contributed by atoms with Gasteiger partial charge in [-0.15, -0.1) is 23.1 Å². The van der Waals surface area contributed by atoms with E-state index in [0.717, 1.165) is 53.5 Å². The zero-order valence-corrected chi connectivity index (χ0v) is 13.3. The molecule has 0 unspecified atom stereocenters. The molecule has 2 heterocycles. The standard InChI is InChI=1S/C14H21N3OS2/c1-19-13-10(15)12(11(18)8-2-3-8)20-14(13)17-9-4-6-16-7-5-9/h8-9,16-17H,2-7,15H2,1H3. The lowest BCUT2D eigenvalue weighted by Gasteiger charge is -2.24. The molecule has 6 heteroatoms. The van der Waals surface area contributed by atoms with Gasteiger partial charge in [0.25, 0.3) is 0 Å². The Labute approximate surface area is 127 Å². The monoisotopic (exact) mass is 311 g/mol. The summed E-state index contributed by atoms with van der Waals surface area (Å²) in [5.41, 5.74) is 6.89. The van der Waals surface area contributed by atoms with Crippen LogP contribution in [0.5, 0.6) is 0 Å². The lowest BCUT2D eigenvalue weighted by atomic mass is 10.1. The van der Waals surface area contributed by atoms with E-state index in [1.807, 2.05) is 6.26 Å². The third-order valence-corrected chi connectivity index (χ3v) is 6.06. The number of carbonyl (C=O) groups is 1. The molecule has 4 N–H and O–H groups in total. The molecule has 0 spiro atoms. The van der Waals surface area contributed by atoms with Crippen LogP contribution >= 0.6 is 23.1 Å². The van der Waals surface area contributed by atoms with E-state index >= 15 is 0 Å². The molecule has 1 aromatic rings. The molecule has 2 aliphatic rings. The fourth-order valence-electron chi connectivity index (χ4n) is 2.59. The van der Waals surface area contributed by atoms with Gasteiger partial charge in [0.05, 0.1) is 15.5 Å². The molecule has 0 aromatic carbocycles. The number of thioether (sulfide) groups is 1. The van der Waals surface area contributed by atoms with Gasteiger partial charge in [0.2, 0.25) is 0 Å². The molecular formula is C14H21N3OS2. The van der Waals surface area contributed by atoms with Gasteiger partial charge in [0, 0.05) is 12.0 Å². The van der Waals surface area contributed by atoms with Gasteiger partial charge >= 0.3 is 0 Å². The first kappa shape index (κ1) is 14.2. The third kappa shape index (κ3) is 2.82. The average molecular weight is 311 g/mol. The predicted octanol–water partition coefficient (Wildman–Crippen LogP) is 2.81. The van der Waals surface area contributed by atoms with Crippen LogP contribution in [0.15, 0.2) is 4.90 Å². The minimum atomic E-state index is 0.234. The van der Waals surface area contributed by atoms with E-state index in [1.165, 1.54) is 0 Å². The normalized spacial score (nSPS) is 20.1. The van der Waals surface area contributed by atoms with Crippen LogP contribution in [0.2, 0.25) is 0 Å². The molecule has 1 aliphatic heterocycles. The summed E-state index contributed by atoms with van der Waals surface area (Å²) in [6, 6.07) is 0.490. The fraction of sp³-hybridized carbons (Fsp3) is 0.643. The highest BCUT2D eigenvalue weighted by Crippen LogP contribution is 2.45. The average Bonchev–Trinajstić information content (AvgIpc) is 3.25. The van der Waals surface area contributed by atoms with Crippen molar-refractivity contribution < 1.29 is 4.79 Å². The fourth-order valence-corrected chi connectivity index (χ4v) is 4.71. The molecule has 0 atom stereocenters. The second-order valence-electron chi connectivity index (χ2n) is 5.51. The van der Waals surface area contributed by atoms with Gasteiger partial charge in [-0.2, -0.15) is 0 Å². The summed E-state index contributed by atoms with van der Waals surface area (Å²) in [5.74, 6) is 0.485. The first-order chi connectivity index (χ1) is 9.70. The number of Topliss-reactive ketones (excluding diaryl/α,β-unsaturated/α-hetero) is 1. The Bertz CT molecular complexity index is 505. The number of nitrogen functional groups attached to an aromatic ring is 1. The van der Waals surface area contributed by atoms with Crippen molar-refractivity contribution in [2.24, 2.45) is 5.92 Å². The van der Waals surface area contributed by atoms with Gasteiger partial charge in [0.1, 0.15) is 5.00 Å². The maximum Gasteiger partial charge on any atom is 0.178 e. The summed E-state index contributed by atoms with van der Waals surface area (Å²) in [4.78, 5) is 14.1. The zero-order valence-electron chi connectivity index (χ0n) is 11.7. The van der Waals surface area contributed by atoms with Crippen molar-refractivity contribution in [3.8, 4) is 0 Å². The smallest absolute Gasteiger partial charge is 0.178 e. The summed E-state index contributed by atoms with van der Waals surface area (Å²) < 4.78 is 0. The highest BCUT2D eigenvalue weighted by atomic mass is 32.2. The van der Waals surface area contributed by atoms with E-state index in [2.05, 4.69) is 10.6 Å². The lowest BCUT2D eigenvalue weighted by molar-refractivity contribution is 0.0972. The highest BCUT2D eigenvalue weighted by molar-refractivity contribution is 7.99. The van der Waals surface area contributed by atoms with E-state index in [4.69, 9.17) is 5.73 Å². The van der Waals surface area contributed by atoms with Crippen molar-refractivity contribution in [3.63, 3.8) is 0 Å².